The van der Waals surface area contributed by atoms with Crippen molar-refractivity contribution in [2.45, 2.75) is 121 Å². The quantitative estimate of drug-likeness (QED) is 0.381. The van der Waals surface area contributed by atoms with Gasteiger partial charge in [-0.15, -0.1) is 0 Å². The predicted molar refractivity (Wildman–Crippen MR) is 141 cm³/mol. The Balaban J connectivity index is 3.68. The van der Waals surface area contributed by atoms with E-state index < -0.39 is 88.7 Å². The zero-order valence-electron chi connectivity index (χ0n) is 25.7. The zero-order chi connectivity index (χ0) is 30.7. The van der Waals surface area contributed by atoms with Crippen LogP contribution in [-0.4, -0.2) is 67.0 Å². The zero-order valence-corrected chi connectivity index (χ0v) is 25.7. The van der Waals surface area contributed by atoms with E-state index in [-0.39, 0.29) is 0 Å². The van der Waals surface area contributed by atoms with E-state index in [4.69, 9.17) is 23.7 Å². The summed E-state index contributed by atoms with van der Waals surface area (Å²) < 4.78 is 28.8. The van der Waals surface area contributed by atoms with Gasteiger partial charge in [0.05, 0.1) is 21.7 Å². The Morgan fingerprint density at radius 3 is 1.38 bits per heavy atom. The highest BCUT2D eigenvalue weighted by molar-refractivity contribution is 5.78. The molecular formula is C28H47NO10. The number of nitrogens with one attached hydrogen (secondary N) is 1. The molecule has 0 saturated carbocycles. The molecule has 39 heavy (non-hydrogen) atoms. The number of hydrogen-bond donors (Lipinski definition) is 1. The molecule has 0 aliphatic carbocycles. The highest BCUT2D eigenvalue weighted by Gasteiger charge is 2.54. The molecule has 1 fully saturated rings. The van der Waals surface area contributed by atoms with Crippen molar-refractivity contribution in [2.75, 3.05) is 6.61 Å². The van der Waals surface area contributed by atoms with Gasteiger partial charge >= 0.3 is 23.9 Å². The third-order valence-electron chi connectivity index (χ3n) is 5.55. The van der Waals surface area contributed by atoms with E-state index in [1.165, 1.54) is 6.92 Å². The van der Waals surface area contributed by atoms with E-state index in [0.29, 0.717) is 0 Å². The SMILES string of the molecule is CC(=O)N[C@H]1C(OC(=O)C(C)(C)C)O[C@H](COC(=O)C(C)(C)C)[C@@H](OC(=O)C(C)(C)C)[C@@H]1OC(=O)C(C)(C)C. The van der Waals surface area contributed by atoms with Crippen LogP contribution in [0.3, 0.4) is 0 Å². The number of carbonyl (C=O) groups excluding carboxylic acids is 5. The van der Waals surface area contributed by atoms with Gasteiger partial charge in [-0.1, -0.05) is 0 Å². The van der Waals surface area contributed by atoms with Crippen LogP contribution < -0.4 is 5.32 Å². The molecule has 224 valence electrons. The molecule has 1 amide bonds. The van der Waals surface area contributed by atoms with Crippen LogP contribution >= 0.6 is 0 Å². The molecule has 1 saturated heterocycles. The normalized spacial score (nSPS) is 24.3. The fourth-order valence-electron chi connectivity index (χ4n) is 3.07. The summed E-state index contributed by atoms with van der Waals surface area (Å²) in [5.41, 5.74) is -3.71. The lowest BCUT2D eigenvalue weighted by Crippen LogP contribution is -2.67. The largest absolute Gasteiger partial charge is 0.462 e. The van der Waals surface area contributed by atoms with Crippen LogP contribution in [0.1, 0.15) is 90.0 Å². The van der Waals surface area contributed by atoms with Gasteiger partial charge in [-0.25, -0.2) is 0 Å². The summed E-state index contributed by atoms with van der Waals surface area (Å²) >= 11 is 0. The summed E-state index contributed by atoms with van der Waals surface area (Å²) in [5.74, 6) is -3.04. The number of esters is 4. The van der Waals surface area contributed by atoms with E-state index in [9.17, 15) is 24.0 Å². The van der Waals surface area contributed by atoms with Crippen LogP contribution in [0, 0.1) is 21.7 Å². The molecule has 0 bridgehead atoms. The van der Waals surface area contributed by atoms with Crippen molar-refractivity contribution in [1.82, 2.24) is 5.32 Å². The van der Waals surface area contributed by atoms with Crippen molar-refractivity contribution < 1.29 is 47.7 Å². The average molecular weight is 558 g/mol. The molecule has 0 radical (unpaired) electrons. The second-order valence-corrected chi connectivity index (χ2v) is 14.0. The molecule has 5 atom stereocenters. The maximum absolute atomic E-state index is 13.1. The Kier molecular flexibility index (Phi) is 10.8. The summed E-state index contributed by atoms with van der Waals surface area (Å²) in [5, 5.41) is 2.63. The number of hydrogen-bond acceptors (Lipinski definition) is 10. The topological polar surface area (TPSA) is 144 Å². The number of ether oxygens (including phenoxy) is 5. The highest BCUT2D eigenvalue weighted by atomic mass is 16.7. The van der Waals surface area contributed by atoms with Crippen LogP contribution in [-0.2, 0) is 47.7 Å². The second kappa shape index (κ2) is 12.2. The summed E-state index contributed by atoms with van der Waals surface area (Å²) in [6.45, 7) is 20.6. The van der Waals surface area contributed by atoms with Crippen molar-refractivity contribution in [2.24, 2.45) is 21.7 Å². The van der Waals surface area contributed by atoms with Gasteiger partial charge in [0.1, 0.15) is 18.8 Å². The molecule has 1 heterocycles. The van der Waals surface area contributed by atoms with Crippen LogP contribution in [0.5, 0.6) is 0 Å². The third kappa shape index (κ3) is 10.1. The maximum atomic E-state index is 13.1. The first kappa shape index (κ1) is 34.3. The van der Waals surface area contributed by atoms with Gasteiger partial charge in [0.25, 0.3) is 0 Å². The fourth-order valence-corrected chi connectivity index (χ4v) is 3.07. The molecule has 1 aliphatic heterocycles. The van der Waals surface area contributed by atoms with Gasteiger partial charge in [-0.2, -0.15) is 0 Å². The minimum absolute atomic E-state index is 0.405. The molecular weight excluding hydrogens is 510 g/mol. The van der Waals surface area contributed by atoms with Crippen molar-refractivity contribution in [1.29, 1.82) is 0 Å². The molecule has 1 aliphatic rings. The van der Waals surface area contributed by atoms with Crippen molar-refractivity contribution >= 4 is 29.8 Å². The standard InChI is InChI=1S/C28H47NO10/c1-15(30)29-17-19(38-23(33)27(8,9)10)18(37-22(32)26(5,6)7)16(14-35-21(31)25(2,3)4)36-20(17)39-24(34)28(11,12)13/h16-20H,14H2,1-13H3,(H,29,30)/t16-,17-,18-,19-,20?/m1/s1. The lowest BCUT2D eigenvalue weighted by Gasteiger charge is -2.46. The van der Waals surface area contributed by atoms with Gasteiger partial charge in [0.2, 0.25) is 12.2 Å². The second-order valence-electron chi connectivity index (χ2n) is 14.0. The maximum Gasteiger partial charge on any atom is 0.313 e. The van der Waals surface area contributed by atoms with Crippen LogP contribution in [0.4, 0.5) is 0 Å². The minimum atomic E-state index is -1.46. The fraction of sp³-hybridized carbons (Fsp3) is 0.821. The van der Waals surface area contributed by atoms with Crippen LogP contribution in [0.2, 0.25) is 0 Å². The van der Waals surface area contributed by atoms with Crippen LogP contribution in [0.25, 0.3) is 0 Å². The summed E-state index contributed by atoms with van der Waals surface area (Å²) in [6, 6.07) is -1.24. The van der Waals surface area contributed by atoms with E-state index in [0.717, 1.165) is 0 Å². The molecule has 11 nitrogen and oxygen atoms in total. The first-order valence-electron chi connectivity index (χ1n) is 13.1. The molecule has 1 rings (SSSR count). The van der Waals surface area contributed by atoms with E-state index in [1.807, 2.05) is 0 Å². The molecule has 0 aromatic heterocycles. The molecule has 0 spiro atoms. The Morgan fingerprint density at radius 1 is 0.615 bits per heavy atom. The minimum Gasteiger partial charge on any atom is -0.462 e. The van der Waals surface area contributed by atoms with E-state index >= 15 is 0 Å². The first-order valence-corrected chi connectivity index (χ1v) is 13.1. The molecule has 1 N–H and O–H groups in total. The summed E-state index contributed by atoms with van der Waals surface area (Å²) in [7, 11) is 0. The number of carbonyl (C=O) groups is 5. The lowest BCUT2D eigenvalue weighted by atomic mass is 9.92. The highest BCUT2D eigenvalue weighted by Crippen LogP contribution is 2.33. The third-order valence-corrected chi connectivity index (χ3v) is 5.55. The Hall–Kier alpha value is -2.69. The van der Waals surface area contributed by atoms with Crippen molar-refractivity contribution in [3.63, 3.8) is 0 Å². The van der Waals surface area contributed by atoms with Gasteiger partial charge in [0, 0.05) is 6.92 Å². The van der Waals surface area contributed by atoms with E-state index in [1.54, 1.807) is 83.1 Å². The Labute approximate surface area is 232 Å². The van der Waals surface area contributed by atoms with Gasteiger partial charge < -0.3 is 29.0 Å². The predicted octanol–water partition coefficient (Wildman–Crippen LogP) is 3.31. The number of amides is 1. The van der Waals surface area contributed by atoms with Crippen LogP contribution in [0.15, 0.2) is 0 Å². The lowest BCUT2D eigenvalue weighted by molar-refractivity contribution is -0.277. The Morgan fingerprint density at radius 2 is 1.00 bits per heavy atom. The smallest absolute Gasteiger partial charge is 0.313 e. The molecule has 1 unspecified atom stereocenters. The molecule has 11 heteroatoms. The first-order chi connectivity index (χ1) is 17.4. The average Bonchev–Trinajstić information content (AvgIpc) is 2.72. The van der Waals surface area contributed by atoms with E-state index in [2.05, 4.69) is 5.32 Å². The van der Waals surface area contributed by atoms with Gasteiger partial charge in [-0.05, 0) is 83.1 Å². The Bertz CT molecular complexity index is 930. The number of rotatable bonds is 6. The monoisotopic (exact) mass is 557 g/mol. The van der Waals surface area contributed by atoms with Gasteiger partial charge in [0.15, 0.2) is 12.2 Å². The van der Waals surface area contributed by atoms with Gasteiger partial charge in [-0.3, -0.25) is 24.0 Å². The molecule has 0 aromatic rings. The summed E-state index contributed by atoms with van der Waals surface area (Å²) in [4.78, 5) is 63.8. The molecule has 0 aromatic carbocycles. The summed E-state index contributed by atoms with van der Waals surface area (Å²) in [6.07, 6.45) is -5.33. The van der Waals surface area contributed by atoms with Crippen molar-refractivity contribution in [3.05, 3.63) is 0 Å². The van der Waals surface area contributed by atoms with Crippen molar-refractivity contribution in [3.8, 4) is 0 Å².